The molecule has 0 aliphatic carbocycles. The highest BCUT2D eigenvalue weighted by Gasteiger charge is 2.21. The molecule has 10 heteroatoms. The predicted molar refractivity (Wildman–Crippen MR) is 143 cm³/mol. The van der Waals surface area contributed by atoms with Crippen molar-refractivity contribution in [3.05, 3.63) is 95.6 Å². The number of rotatable bonds is 7. The Balaban J connectivity index is 1.49. The van der Waals surface area contributed by atoms with Crippen LogP contribution in [0.25, 0.3) is 33.5 Å². The molecule has 0 radical (unpaired) electrons. The summed E-state index contributed by atoms with van der Waals surface area (Å²) in [5.41, 5.74) is 4.25. The number of aromatic nitrogens is 3. The van der Waals surface area contributed by atoms with Crippen LogP contribution in [-0.4, -0.2) is 34.7 Å². The van der Waals surface area contributed by atoms with Crippen LogP contribution in [0.1, 0.15) is 28.4 Å². The highest BCUT2D eigenvalue weighted by molar-refractivity contribution is 7.92. The second kappa shape index (κ2) is 9.80. The number of H-pyrrole nitrogens is 1. The van der Waals surface area contributed by atoms with Gasteiger partial charge >= 0.3 is 5.97 Å². The van der Waals surface area contributed by atoms with Crippen molar-refractivity contribution in [1.29, 1.82) is 5.26 Å². The predicted octanol–water partition coefficient (Wildman–Crippen LogP) is 5.22. The molecule has 5 rings (SSSR count). The van der Waals surface area contributed by atoms with Gasteiger partial charge in [0.15, 0.2) is 5.65 Å². The summed E-state index contributed by atoms with van der Waals surface area (Å²) < 4.78 is 28.1. The molecule has 3 aromatic carbocycles. The van der Waals surface area contributed by atoms with Gasteiger partial charge in [-0.25, -0.2) is 18.2 Å². The molecule has 0 aliphatic rings. The standard InChI is InChI=1S/C28H21N5O4S/c1-2-17-6-8-20(9-7-17)26-25-23(28(34)35)15-24(30-27(25)32-31-26)19-10-12-22(13-11-19)38(36,37)33-21-5-3-4-18(14-21)16-29/h3-15,33H,2H2,1H3,(H,34,35)(H,30,31,32). The molecule has 2 aromatic heterocycles. The van der Waals surface area contributed by atoms with Crippen molar-refractivity contribution in [3.63, 3.8) is 0 Å². The number of hydrogen-bond donors (Lipinski definition) is 3. The number of sulfonamides is 1. The van der Waals surface area contributed by atoms with Crippen LogP contribution in [0.2, 0.25) is 0 Å². The molecule has 5 aromatic rings. The highest BCUT2D eigenvalue weighted by Crippen LogP contribution is 2.32. The van der Waals surface area contributed by atoms with Crippen molar-refractivity contribution in [2.24, 2.45) is 0 Å². The molecule has 0 spiro atoms. The lowest BCUT2D eigenvalue weighted by Gasteiger charge is -2.10. The number of aromatic amines is 1. The molecule has 0 atom stereocenters. The number of hydrogen-bond acceptors (Lipinski definition) is 6. The molecule has 188 valence electrons. The van der Waals surface area contributed by atoms with E-state index in [1.165, 1.54) is 24.3 Å². The first-order chi connectivity index (χ1) is 18.3. The summed E-state index contributed by atoms with van der Waals surface area (Å²) in [5.74, 6) is -1.13. The molecular formula is C28H21N5O4S. The number of carbonyl (C=O) groups is 1. The summed E-state index contributed by atoms with van der Waals surface area (Å²) in [6.45, 7) is 2.06. The summed E-state index contributed by atoms with van der Waals surface area (Å²) in [4.78, 5) is 16.8. The van der Waals surface area contributed by atoms with Gasteiger partial charge in [-0.15, -0.1) is 0 Å². The number of aryl methyl sites for hydroxylation is 1. The fraction of sp³-hybridized carbons (Fsp3) is 0.0714. The van der Waals surface area contributed by atoms with E-state index in [2.05, 4.69) is 26.8 Å². The molecule has 0 amide bonds. The Labute approximate surface area is 218 Å². The molecule has 0 saturated carbocycles. The molecule has 3 N–H and O–H groups in total. The monoisotopic (exact) mass is 523 g/mol. The summed E-state index contributed by atoms with van der Waals surface area (Å²) in [6, 6.07) is 23.3. The minimum atomic E-state index is -3.92. The quantitative estimate of drug-likeness (QED) is 0.265. The lowest BCUT2D eigenvalue weighted by atomic mass is 10.0. The van der Waals surface area contributed by atoms with E-state index in [9.17, 15) is 18.3 Å². The SMILES string of the molecule is CCc1ccc(-c2[nH]nc3nc(-c4ccc(S(=O)(=O)Nc5cccc(C#N)c5)cc4)cc(C(=O)O)c23)cc1. The van der Waals surface area contributed by atoms with E-state index in [0.29, 0.717) is 27.9 Å². The number of carboxylic acid groups (broad SMARTS) is 1. The van der Waals surface area contributed by atoms with Crippen LogP contribution >= 0.6 is 0 Å². The van der Waals surface area contributed by atoms with E-state index in [0.717, 1.165) is 17.5 Å². The number of anilines is 1. The third-order valence-corrected chi connectivity index (χ3v) is 7.51. The summed E-state index contributed by atoms with van der Waals surface area (Å²) in [7, 11) is -3.92. The van der Waals surface area contributed by atoms with Gasteiger partial charge in [-0.1, -0.05) is 49.4 Å². The Hall–Kier alpha value is -5.01. The molecule has 9 nitrogen and oxygen atoms in total. The number of pyridine rings is 1. The Kier molecular flexibility index (Phi) is 6.36. The van der Waals surface area contributed by atoms with Crippen molar-refractivity contribution in [3.8, 4) is 28.6 Å². The second-order valence-electron chi connectivity index (χ2n) is 8.53. The molecule has 0 saturated heterocycles. The van der Waals surface area contributed by atoms with E-state index in [1.807, 2.05) is 30.3 Å². The number of nitrogens with zero attached hydrogens (tertiary/aromatic N) is 3. The van der Waals surface area contributed by atoms with Gasteiger partial charge in [-0.3, -0.25) is 9.82 Å². The van der Waals surface area contributed by atoms with Gasteiger partial charge in [-0.05, 0) is 48.4 Å². The molecule has 0 unspecified atom stereocenters. The molecule has 0 bridgehead atoms. The van der Waals surface area contributed by atoms with E-state index < -0.39 is 16.0 Å². The molecular weight excluding hydrogens is 502 g/mol. The van der Waals surface area contributed by atoms with Crippen molar-refractivity contribution < 1.29 is 18.3 Å². The topological polar surface area (TPSA) is 149 Å². The molecule has 38 heavy (non-hydrogen) atoms. The smallest absolute Gasteiger partial charge is 0.336 e. The minimum Gasteiger partial charge on any atom is -0.478 e. The summed E-state index contributed by atoms with van der Waals surface area (Å²) >= 11 is 0. The number of nitrogens with one attached hydrogen (secondary N) is 2. The van der Waals surface area contributed by atoms with Crippen LogP contribution in [0.15, 0.2) is 83.8 Å². The maximum atomic E-state index is 12.8. The number of carboxylic acids is 1. The molecule has 0 aliphatic heterocycles. The first kappa shape index (κ1) is 24.7. The Morgan fingerprint density at radius 1 is 1.03 bits per heavy atom. The van der Waals surface area contributed by atoms with E-state index in [1.54, 1.807) is 30.3 Å². The van der Waals surface area contributed by atoms with Gasteiger partial charge in [0.2, 0.25) is 0 Å². The maximum Gasteiger partial charge on any atom is 0.336 e. The van der Waals surface area contributed by atoms with Gasteiger partial charge in [0.1, 0.15) is 0 Å². The Morgan fingerprint density at radius 2 is 1.74 bits per heavy atom. The number of benzene rings is 3. The summed E-state index contributed by atoms with van der Waals surface area (Å²) in [5, 5.41) is 26.6. The van der Waals surface area contributed by atoms with E-state index in [4.69, 9.17) is 5.26 Å². The fourth-order valence-electron chi connectivity index (χ4n) is 4.13. The van der Waals surface area contributed by atoms with E-state index in [-0.39, 0.29) is 21.8 Å². The van der Waals surface area contributed by atoms with Gasteiger partial charge < -0.3 is 5.11 Å². The van der Waals surface area contributed by atoms with Gasteiger partial charge in [0.25, 0.3) is 10.0 Å². The van der Waals surface area contributed by atoms with Crippen LogP contribution in [0.3, 0.4) is 0 Å². The normalized spacial score (nSPS) is 11.3. The van der Waals surface area contributed by atoms with Crippen LogP contribution in [0.5, 0.6) is 0 Å². The van der Waals surface area contributed by atoms with Crippen LogP contribution in [-0.2, 0) is 16.4 Å². The van der Waals surface area contributed by atoms with Crippen molar-refractivity contribution in [2.45, 2.75) is 18.2 Å². The average Bonchev–Trinajstić information content (AvgIpc) is 3.36. The van der Waals surface area contributed by atoms with Crippen molar-refractivity contribution >= 4 is 32.7 Å². The average molecular weight is 524 g/mol. The third-order valence-electron chi connectivity index (χ3n) is 6.11. The highest BCUT2D eigenvalue weighted by atomic mass is 32.2. The first-order valence-corrected chi connectivity index (χ1v) is 13.1. The molecule has 0 fully saturated rings. The van der Waals surface area contributed by atoms with Gasteiger partial charge in [0, 0.05) is 11.1 Å². The largest absolute Gasteiger partial charge is 0.478 e. The van der Waals surface area contributed by atoms with Crippen molar-refractivity contribution in [1.82, 2.24) is 15.2 Å². The van der Waals surface area contributed by atoms with Gasteiger partial charge in [-0.2, -0.15) is 10.4 Å². The van der Waals surface area contributed by atoms with E-state index >= 15 is 0 Å². The third kappa shape index (κ3) is 4.70. The Bertz CT molecular complexity index is 1820. The first-order valence-electron chi connectivity index (χ1n) is 11.6. The number of aromatic carboxylic acids is 1. The minimum absolute atomic E-state index is 0.000675. The summed E-state index contributed by atoms with van der Waals surface area (Å²) in [6.07, 6.45) is 0.889. The number of fused-ring (bicyclic) bond motifs is 1. The zero-order chi connectivity index (χ0) is 26.9. The Morgan fingerprint density at radius 3 is 2.39 bits per heavy atom. The lowest BCUT2D eigenvalue weighted by molar-refractivity contribution is 0.0699. The second-order valence-corrected chi connectivity index (χ2v) is 10.2. The van der Waals surface area contributed by atoms with Gasteiger partial charge in [0.05, 0.1) is 44.6 Å². The fourth-order valence-corrected chi connectivity index (χ4v) is 5.18. The van der Waals surface area contributed by atoms with Crippen LogP contribution in [0.4, 0.5) is 5.69 Å². The van der Waals surface area contributed by atoms with Crippen LogP contribution in [0, 0.1) is 11.3 Å². The number of nitriles is 1. The maximum absolute atomic E-state index is 12.8. The molecule has 2 heterocycles. The zero-order valence-corrected chi connectivity index (χ0v) is 21.0. The zero-order valence-electron chi connectivity index (χ0n) is 20.1. The van der Waals surface area contributed by atoms with Crippen molar-refractivity contribution in [2.75, 3.05) is 4.72 Å². The van der Waals surface area contributed by atoms with Crippen LogP contribution < -0.4 is 4.72 Å². The lowest BCUT2D eigenvalue weighted by Crippen LogP contribution is -2.12.